The average Bonchev–Trinajstić information content (AvgIpc) is 2.70. The highest BCUT2D eigenvalue weighted by Gasteiger charge is 2.08. The lowest BCUT2D eigenvalue weighted by Gasteiger charge is -2.02. The molecule has 0 unspecified atom stereocenters. The number of hydrogen-bond donors (Lipinski definition) is 0. The lowest BCUT2D eigenvalue weighted by atomic mass is 10.4. The van der Waals surface area contributed by atoms with E-state index in [9.17, 15) is 0 Å². The molecule has 78 valence electrons. The van der Waals surface area contributed by atoms with Crippen molar-refractivity contribution < 1.29 is 4.74 Å². The smallest absolute Gasteiger partial charge is 0.321 e. The van der Waals surface area contributed by atoms with Gasteiger partial charge in [-0.15, -0.1) is 11.3 Å². The minimum absolute atomic E-state index is 0.150. The Labute approximate surface area is 95.9 Å². The summed E-state index contributed by atoms with van der Waals surface area (Å²) in [4.78, 5) is 13.0. The van der Waals surface area contributed by atoms with E-state index in [1.54, 1.807) is 11.3 Å². The second kappa shape index (κ2) is 4.55. The van der Waals surface area contributed by atoms with Crippen LogP contribution in [0.1, 0.15) is 6.92 Å². The Bertz CT molecular complexity index is 447. The Morgan fingerprint density at radius 3 is 2.93 bits per heavy atom. The van der Waals surface area contributed by atoms with Crippen molar-refractivity contribution in [3.63, 3.8) is 0 Å². The van der Waals surface area contributed by atoms with Crippen LogP contribution in [0.15, 0.2) is 17.5 Å². The third-order valence-corrected chi connectivity index (χ3v) is 2.64. The van der Waals surface area contributed by atoms with Crippen LogP contribution in [0.4, 0.5) is 0 Å². The first-order chi connectivity index (χ1) is 7.29. The maximum atomic E-state index is 5.77. The Morgan fingerprint density at radius 1 is 1.40 bits per heavy atom. The molecule has 2 aromatic rings. The fraction of sp³-hybridized carbons (Fsp3) is 0.222. The zero-order valence-corrected chi connectivity index (χ0v) is 9.55. The first-order valence-corrected chi connectivity index (χ1v) is 5.63. The SMILES string of the molecule is CCOc1nc(Cl)nc(-c2cccs2)n1. The summed E-state index contributed by atoms with van der Waals surface area (Å²) in [5, 5.41) is 2.10. The summed E-state index contributed by atoms with van der Waals surface area (Å²) >= 11 is 7.31. The summed E-state index contributed by atoms with van der Waals surface area (Å²) in [6.07, 6.45) is 0. The van der Waals surface area contributed by atoms with E-state index in [4.69, 9.17) is 16.3 Å². The minimum Gasteiger partial charge on any atom is -0.464 e. The highest BCUT2D eigenvalue weighted by atomic mass is 35.5. The highest BCUT2D eigenvalue weighted by molar-refractivity contribution is 7.13. The Balaban J connectivity index is 2.40. The van der Waals surface area contributed by atoms with E-state index in [0.29, 0.717) is 12.4 Å². The van der Waals surface area contributed by atoms with Crippen LogP contribution in [-0.2, 0) is 0 Å². The summed E-state index contributed by atoms with van der Waals surface area (Å²) in [5.74, 6) is 0.549. The van der Waals surface area contributed by atoms with Gasteiger partial charge in [-0.1, -0.05) is 6.07 Å². The van der Waals surface area contributed by atoms with Crippen molar-refractivity contribution in [2.24, 2.45) is 0 Å². The lowest BCUT2D eigenvalue weighted by molar-refractivity contribution is 0.312. The molecule has 0 aliphatic carbocycles. The number of halogens is 1. The molecule has 0 amide bonds. The van der Waals surface area contributed by atoms with E-state index in [1.165, 1.54) is 0 Å². The van der Waals surface area contributed by atoms with Crippen molar-refractivity contribution in [3.05, 3.63) is 22.8 Å². The summed E-state index contributed by atoms with van der Waals surface area (Å²) in [7, 11) is 0. The molecule has 0 spiro atoms. The third kappa shape index (κ3) is 2.43. The second-order valence-corrected chi connectivity index (χ2v) is 3.91. The van der Waals surface area contributed by atoms with Crippen LogP contribution in [0.2, 0.25) is 5.28 Å². The molecular weight excluding hydrogens is 234 g/mol. The van der Waals surface area contributed by atoms with Gasteiger partial charge in [-0.2, -0.15) is 15.0 Å². The highest BCUT2D eigenvalue weighted by Crippen LogP contribution is 2.23. The maximum absolute atomic E-state index is 5.77. The molecule has 2 heterocycles. The molecule has 0 aliphatic heterocycles. The van der Waals surface area contributed by atoms with Crippen molar-refractivity contribution in [1.82, 2.24) is 15.0 Å². The van der Waals surface area contributed by atoms with Crippen molar-refractivity contribution in [2.75, 3.05) is 6.61 Å². The molecule has 4 nitrogen and oxygen atoms in total. The summed E-state index contributed by atoms with van der Waals surface area (Å²) in [5.41, 5.74) is 0. The van der Waals surface area contributed by atoms with Gasteiger partial charge in [0.15, 0.2) is 5.82 Å². The van der Waals surface area contributed by atoms with Crippen LogP contribution in [-0.4, -0.2) is 21.6 Å². The predicted octanol–water partition coefficient (Wildman–Crippen LogP) is 2.65. The number of hydrogen-bond acceptors (Lipinski definition) is 5. The van der Waals surface area contributed by atoms with E-state index in [0.717, 1.165) is 4.88 Å². The van der Waals surface area contributed by atoms with E-state index in [2.05, 4.69) is 15.0 Å². The first-order valence-electron chi connectivity index (χ1n) is 4.38. The van der Waals surface area contributed by atoms with Gasteiger partial charge in [0.2, 0.25) is 5.28 Å². The van der Waals surface area contributed by atoms with Crippen LogP contribution in [0.5, 0.6) is 6.01 Å². The molecule has 6 heteroatoms. The van der Waals surface area contributed by atoms with Gasteiger partial charge in [0.25, 0.3) is 0 Å². The van der Waals surface area contributed by atoms with Crippen molar-refractivity contribution in [1.29, 1.82) is 0 Å². The first kappa shape index (κ1) is 10.3. The summed E-state index contributed by atoms with van der Waals surface area (Å²) < 4.78 is 5.18. The fourth-order valence-corrected chi connectivity index (χ4v) is 1.85. The zero-order chi connectivity index (χ0) is 10.7. The number of aromatic nitrogens is 3. The third-order valence-electron chi connectivity index (χ3n) is 1.60. The number of thiophene rings is 1. The van der Waals surface area contributed by atoms with Crippen LogP contribution < -0.4 is 4.74 Å². The van der Waals surface area contributed by atoms with E-state index in [1.807, 2.05) is 24.4 Å². The quantitative estimate of drug-likeness (QED) is 0.829. The topological polar surface area (TPSA) is 47.9 Å². The average molecular weight is 242 g/mol. The molecule has 2 aromatic heterocycles. The lowest BCUT2D eigenvalue weighted by Crippen LogP contribution is -2.00. The van der Waals surface area contributed by atoms with Gasteiger partial charge >= 0.3 is 6.01 Å². The molecule has 0 aromatic carbocycles. The van der Waals surface area contributed by atoms with Gasteiger partial charge in [0, 0.05) is 0 Å². The molecule has 0 aliphatic rings. The monoisotopic (exact) mass is 241 g/mol. The standard InChI is InChI=1S/C9H8ClN3OS/c1-2-14-9-12-7(11-8(10)13-9)6-4-3-5-15-6/h3-5H,2H2,1H3. The van der Waals surface area contributed by atoms with Crippen LogP contribution in [0.3, 0.4) is 0 Å². The molecule has 0 radical (unpaired) electrons. The summed E-state index contributed by atoms with van der Waals surface area (Å²) in [6.45, 7) is 2.37. The van der Waals surface area contributed by atoms with Gasteiger partial charge in [0.1, 0.15) is 0 Å². The Morgan fingerprint density at radius 2 is 2.27 bits per heavy atom. The molecule has 15 heavy (non-hydrogen) atoms. The minimum atomic E-state index is 0.150. The van der Waals surface area contributed by atoms with Crippen LogP contribution >= 0.6 is 22.9 Å². The molecule has 0 atom stereocenters. The van der Waals surface area contributed by atoms with Gasteiger partial charge in [0.05, 0.1) is 11.5 Å². The van der Waals surface area contributed by atoms with Gasteiger partial charge < -0.3 is 4.74 Å². The van der Waals surface area contributed by atoms with Gasteiger partial charge in [-0.25, -0.2) is 0 Å². The largest absolute Gasteiger partial charge is 0.464 e. The molecule has 0 saturated heterocycles. The number of ether oxygens (including phenoxy) is 1. The zero-order valence-electron chi connectivity index (χ0n) is 7.98. The van der Waals surface area contributed by atoms with Crippen molar-refractivity contribution in [3.8, 4) is 16.7 Å². The molecular formula is C9H8ClN3OS. The van der Waals surface area contributed by atoms with Crippen LogP contribution in [0.25, 0.3) is 10.7 Å². The fourth-order valence-electron chi connectivity index (χ4n) is 1.04. The van der Waals surface area contributed by atoms with Crippen LogP contribution in [0, 0.1) is 0 Å². The molecule has 0 saturated carbocycles. The van der Waals surface area contributed by atoms with Crippen molar-refractivity contribution >= 4 is 22.9 Å². The van der Waals surface area contributed by atoms with E-state index in [-0.39, 0.29) is 11.3 Å². The molecule has 2 rings (SSSR count). The van der Waals surface area contributed by atoms with E-state index >= 15 is 0 Å². The molecule has 0 N–H and O–H groups in total. The molecule has 0 fully saturated rings. The normalized spacial score (nSPS) is 10.3. The maximum Gasteiger partial charge on any atom is 0.321 e. The van der Waals surface area contributed by atoms with E-state index < -0.39 is 0 Å². The van der Waals surface area contributed by atoms with Gasteiger partial charge in [-0.3, -0.25) is 0 Å². The molecule has 0 bridgehead atoms. The van der Waals surface area contributed by atoms with Crippen molar-refractivity contribution in [2.45, 2.75) is 6.92 Å². The number of rotatable bonds is 3. The predicted molar refractivity (Wildman–Crippen MR) is 59.3 cm³/mol. The number of nitrogens with zero attached hydrogens (tertiary/aromatic N) is 3. The second-order valence-electron chi connectivity index (χ2n) is 2.62. The Hall–Kier alpha value is -1.20. The van der Waals surface area contributed by atoms with Gasteiger partial charge in [-0.05, 0) is 30.0 Å². The Kier molecular flexibility index (Phi) is 3.13. The summed E-state index contributed by atoms with van der Waals surface area (Å²) in [6, 6.07) is 4.12.